The van der Waals surface area contributed by atoms with Gasteiger partial charge in [-0.25, -0.2) is 8.78 Å². The summed E-state index contributed by atoms with van der Waals surface area (Å²) in [6, 6.07) is 8.79. The third kappa shape index (κ3) is 2.51. The molecule has 0 aliphatic heterocycles. The normalized spacial score (nSPS) is 10.2. The largest absolute Gasteiger partial charge is 0.497 e. The van der Waals surface area contributed by atoms with E-state index in [4.69, 9.17) is 10.5 Å². The summed E-state index contributed by atoms with van der Waals surface area (Å²) in [5, 5.41) is 2.84. The molecule has 0 bridgehead atoms. The molecular formula is C13H12F2N2O. The molecule has 3 nitrogen and oxygen atoms in total. The Hall–Kier alpha value is -2.30. The van der Waals surface area contributed by atoms with E-state index in [-0.39, 0.29) is 11.4 Å². The Labute approximate surface area is 103 Å². The van der Waals surface area contributed by atoms with Gasteiger partial charge in [-0.2, -0.15) is 0 Å². The van der Waals surface area contributed by atoms with Crippen molar-refractivity contribution in [1.82, 2.24) is 0 Å². The molecule has 0 amide bonds. The minimum absolute atomic E-state index is 0.118. The lowest BCUT2D eigenvalue weighted by atomic mass is 10.2. The van der Waals surface area contributed by atoms with Gasteiger partial charge in [-0.15, -0.1) is 0 Å². The summed E-state index contributed by atoms with van der Waals surface area (Å²) >= 11 is 0. The lowest BCUT2D eigenvalue weighted by Crippen LogP contribution is -2.00. The van der Waals surface area contributed by atoms with E-state index in [9.17, 15) is 8.78 Å². The Morgan fingerprint density at radius 3 is 2.39 bits per heavy atom. The summed E-state index contributed by atoms with van der Waals surface area (Å²) in [6.45, 7) is 0. The molecule has 0 aliphatic rings. The zero-order valence-electron chi connectivity index (χ0n) is 9.71. The first-order valence-corrected chi connectivity index (χ1v) is 5.26. The van der Waals surface area contributed by atoms with Crippen molar-refractivity contribution in [2.24, 2.45) is 0 Å². The average molecular weight is 250 g/mol. The molecule has 0 radical (unpaired) electrons. The maximum atomic E-state index is 13.2. The van der Waals surface area contributed by atoms with Crippen molar-refractivity contribution in [1.29, 1.82) is 0 Å². The predicted octanol–water partition coefficient (Wildman–Crippen LogP) is 3.30. The molecule has 2 aromatic rings. The number of halogens is 2. The van der Waals surface area contributed by atoms with Gasteiger partial charge in [-0.1, -0.05) is 0 Å². The number of nitrogen functional groups attached to an aromatic ring is 1. The topological polar surface area (TPSA) is 47.3 Å². The molecule has 0 aliphatic carbocycles. The Morgan fingerprint density at radius 2 is 1.78 bits per heavy atom. The van der Waals surface area contributed by atoms with Crippen LogP contribution in [0.25, 0.3) is 0 Å². The Kier molecular flexibility index (Phi) is 3.32. The summed E-state index contributed by atoms with van der Waals surface area (Å²) in [7, 11) is 1.56. The summed E-state index contributed by atoms with van der Waals surface area (Å²) in [6.07, 6.45) is 0. The first-order valence-electron chi connectivity index (χ1n) is 5.26. The number of ether oxygens (including phenoxy) is 1. The lowest BCUT2D eigenvalue weighted by Gasteiger charge is -2.10. The molecular weight excluding hydrogens is 238 g/mol. The fourth-order valence-electron chi connectivity index (χ4n) is 1.52. The molecule has 94 valence electrons. The molecule has 5 heteroatoms. The molecule has 0 heterocycles. The van der Waals surface area contributed by atoms with Crippen molar-refractivity contribution in [3.8, 4) is 5.75 Å². The van der Waals surface area contributed by atoms with Crippen LogP contribution >= 0.6 is 0 Å². The lowest BCUT2D eigenvalue weighted by molar-refractivity contribution is 0.415. The summed E-state index contributed by atoms with van der Waals surface area (Å²) in [4.78, 5) is 0. The van der Waals surface area contributed by atoms with Gasteiger partial charge in [0.1, 0.15) is 11.6 Å². The molecule has 18 heavy (non-hydrogen) atoms. The zero-order valence-corrected chi connectivity index (χ0v) is 9.71. The SMILES string of the molecule is COc1ccc(Nc2cc(F)cc(F)c2N)cc1. The van der Waals surface area contributed by atoms with E-state index in [2.05, 4.69) is 5.32 Å². The van der Waals surface area contributed by atoms with Crippen LogP contribution in [-0.2, 0) is 0 Å². The van der Waals surface area contributed by atoms with Crippen molar-refractivity contribution in [3.05, 3.63) is 48.0 Å². The summed E-state index contributed by atoms with van der Waals surface area (Å²) in [5.41, 5.74) is 6.26. The van der Waals surface area contributed by atoms with Gasteiger partial charge >= 0.3 is 0 Å². The Bertz CT molecular complexity index is 556. The highest BCUT2D eigenvalue weighted by Crippen LogP contribution is 2.27. The van der Waals surface area contributed by atoms with E-state index in [0.717, 1.165) is 12.1 Å². The van der Waals surface area contributed by atoms with Gasteiger partial charge in [-0.05, 0) is 30.3 Å². The van der Waals surface area contributed by atoms with E-state index in [1.165, 1.54) is 0 Å². The third-order valence-corrected chi connectivity index (χ3v) is 2.46. The highest BCUT2D eigenvalue weighted by molar-refractivity contribution is 5.73. The number of methoxy groups -OCH3 is 1. The summed E-state index contributed by atoms with van der Waals surface area (Å²) < 4.78 is 31.3. The van der Waals surface area contributed by atoms with Crippen LogP contribution in [0, 0.1) is 11.6 Å². The van der Waals surface area contributed by atoms with Crippen molar-refractivity contribution < 1.29 is 13.5 Å². The summed E-state index contributed by atoms with van der Waals surface area (Å²) in [5.74, 6) is -0.775. The van der Waals surface area contributed by atoms with Gasteiger partial charge in [-0.3, -0.25) is 0 Å². The van der Waals surface area contributed by atoms with Gasteiger partial charge in [0.25, 0.3) is 0 Å². The van der Waals surface area contributed by atoms with Crippen molar-refractivity contribution in [3.63, 3.8) is 0 Å². The number of benzene rings is 2. The Morgan fingerprint density at radius 1 is 1.11 bits per heavy atom. The van der Waals surface area contributed by atoms with Crippen LogP contribution in [-0.4, -0.2) is 7.11 Å². The number of hydrogen-bond acceptors (Lipinski definition) is 3. The van der Waals surface area contributed by atoms with E-state index in [0.29, 0.717) is 11.4 Å². The average Bonchev–Trinajstić information content (AvgIpc) is 2.36. The first kappa shape index (κ1) is 12.2. The monoisotopic (exact) mass is 250 g/mol. The highest BCUT2D eigenvalue weighted by Gasteiger charge is 2.08. The number of nitrogens with one attached hydrogen (secondary N) is 1. The van der Waals surface area contributed by atoms with Gasteiger partial charge in [0, 0.05) is 11.8 Å². The van der Waals surface area contributed by atoms with Crippen LogP contribution in [0.1, 0.15) is 0 Å². The molecule has 0 aromatic heterocycles. The zero-order chi connectivity index (χ0) is 13.1. The van der Waals surface area contributed by atoms with Crippen molar-refractivity contribution in [2.45, 2.75) is 0 Å². The number of anilines is 3. The van der Waals surface area contributed by atoms with Crippen molar-refractivity contribution >= 4 is 17.1 Å². The molecule has 0 atom stereocenters. The quantitative estimate of drug-likeness (QED) is 0.822. The molecule has 0 unspecified atom stereocenters. The second kappa shape index (κ2) is 4.91. The smallest absolute Gasteiger partial charge is 0.151 e. The third-order valence-electron chi connectivity index (χ3n) is 2.46. The molecule has 0 fully saturated rings. The van der Waals surface area contributed by atoms with Gasteiger partial charge < -0.3 is 15.8 Å². The van der Waals surface area contributed by atoms with E-state index in [1.807, 2.05) is 0 Å². The van der Waals surface area contributed by atoms with Gasteiger partial charge in [0.05, 0.1) is 18.5 Å². The van der Waals surface area contributed by atoms with Crippen molar-refractivity contribution in [2.75, 3.05) is 18.2 Å². The van der Waals surface area contributed by atoms with Crippen LogP contribution in [0.15, 0.2) is 36.4 Å². The maximum absolute atomic E-state index is 13.2. The fraction of sp³-hybridized carbons (Fsp3) is 0.0769. The van der Waals surface area contributed by atoms with Gasteiger partial charge in [0.2, 0.25) is 0 Å². The Balaban J connectivity index is 2.27. The van der Waals surface area contributed by atoms with E-state index >= 15 is 0 Å². The standard InChI is InChI=1S/C13H12F2N2O/c1-18-10-4-2-9(3-5-10)17-12-7-8(14)6-11(15)13(12)16/h2-7,17H,16H2,1H3. The second-order valence-electron chi connectivity index (χ2n) is 3.70. The molecule has 2 rings (SSSR count). The van der Waals surface area contributed by atoms with Crippen LogP contribution in [0.3, 0.4) is 0 Å². The second-order valence-corrected chi connectivity index (χ2v) is 3.70. The number of nitrogens with two attached hydrogens (primary N) is 1. The highest BCUT2D eigenvalue weighted by atomic mass is 19.1. The first-order chi connectivity index (χ1) is 8.60. The minimum atomic E-state index is -0.786. The molecule has 0 spiro atoms. The van der Waals surface area contributed by atoms with Crippen LogP contribution in [0.5, 0.6) is 5.75 Å². The van der Waals surface area contributed by atoms with E-state index in [1.54, 1.807) is 31.4 Å². The fourth-order valence-corrected chi connectivity index (χ4v) is 1.52. The van der Waals surface area contributed by atoms with Crippen LogP contribution in [0.4, 0.5) is 25.8 Å². The predicted molar refractivity (Wildman–Crippen MR) is 67.0 cm³/mol. The van der Waals surface area contributed by atoms with Crippen LogP contribution < -0.4 is 15.8 Å². The van der Waals surface area contributed by atoms with Gasteiger partial charge in [0.15, 0.2) is 5.82 Å². The van der Waals surface area contributed by atoms with E-state index < -0.39 is 11.6 Å². The number of hydrogen-bond donors (Lipinski definition) is 2. The molecule has 2 aromatic carbocycles. The van der Waals surface area contributed by atoms with Crippen LogP contribution in [0.2, 0.25) is 0 Å². The molecule has 3 N–H and O–H groups in total. The molecule has 0 saturated heterocycles. The maximum Gasteiger partial charge on any atom is 0.151 e. The minimum Gasteiger partial charge on any atom is -0.497 e. The number of rotatable bonds is 3. The molecule has 0 saturated carbocycles.